The van der Waals surface area contributed by atoms with Gasteiger partial charge in [-0.05, 0) is 52.0 Å². The van der Waals surface area contributed by atoms with Crippen LogP contribution in [0.2, 0.25) is 5.04 Å². The molecule has 7 nitrogen and oxygen atoms in total. The molecule has 0 saturated carbocycles. The van der Waals surface area contributed by atoms with Gasteiger partial charge in [0, 0.05) is 17.6 Å². The third kappa shape index (κ3) is 5.83. The van der Waals surface area contributed by atoms with Crippen LogP contribution in [0.25, 0.3) is 10.9 Å². The monoisotopic (exact) mass is 611 g/mol. The molecular formula is C31H37NO6S2Si. The van der Waals surface area contributed by atoms with E-state index in [1.54, 1.807) is 19.9 Å². The van der Waals surface area contributed by atoms with E-state index in [1.165, 1.54) is 12.1 Å². The molecule has 0 aliphatic heterocycles. The van der Waals surface area contributed by atoms with Gasteiger partial charge in [0.05, 0.1) is 16.7 Å². The van der Waals surface area contributed by atoms with Gasteiger partial charge in [-0.1, -0.05) is 88.4 Å². The zero-order valence-corrected chi connectivity index (χ0v) is 26.9. The number of hydrogen-bond donors (Lipinski definition) is 1. The lowest BCUT2D eigenvalue weighted by Crippen LogP contribution is -2.65. The van der Waals surface area contributed by atoms with E-state index in [0.29, 0.717) is 23.8 Å². The van der Waals surface area contributed by atoms with Gasteiger partial charge >= 0.3 is 0 Å². The Bertz CT molecular complexity index is 1770. The molecule has 0 spiro atoms. The van der Waals surface area contributed by atoms with Crippen LogP contribution in [0.3, 0.4) is 0 Å². The molecule has 1 heterocycles. The van der Waals surface area contributed by atoms with Crippen molar-refractivity contribution in [1.29, 1.82) is 0 Å². The highest BCUT2D eigenvalue weighted by atomic mass is 32.2. The molecule has 0 aliphatic rings. The number of Topliss-reactive ketones (excluding diaryl/α,β-unsaturated/α-hetero) is 1. The zero-order chi connectivity index (χ0) is 30.4. The van der Waals surface area contributed by atoms with Crippen molar-refractivity contribution >= 4 is 55.2 Å². The van der Waals surface area contributed by atoms with Gasteiger partial charge < -0.3 is 4.80 Å². The van der Waals surface area contributed by atoms with E-state index < -0.39 is 39.1 Å². The van der Waals surface area contributed by atoms with Gasteiger partial charge in [-0.25, -0.2) is 20.8 Å². The number of benzene rings is 3. The maximum absolute atomic E-state index is 13.0. The number of sulfone groups is 1. The number of aryl methyl sites for hydroxylation is 1. The number of ketones is 1. The second kappa shape index (κ2) is 11.0. The Kier molecular flexibility index (Phi) is 8.27. The van der Waals surface area contributed by atoms with E-state index in [2.05, 4.69) is 0 Å². The van der Waals surface area contributed by atoms with Crippen LogP contribution in [0.1, 0.15) is 50.2 Å². The first-order chi connectivity index (χ1) is 19.0. The fourth-order valence-corrected chi connectivity index (χ4v) is 11.3. The SMILES string of the molecule is CC(C)C(=O)c1cc2cc(CCC(C)(C)[Si](O)(c3ccccc3)c3ccccc3)c(S(C)(=O)=O)cc2n1S(C)(=O)=O. The lowest BCUT2D eigenvalue weighted by atomic mass is 10.0. The maximum Gasteiger partial charge on any atom is 0.258 e. The molecule has 4 aromatic rings. The zero-order valence-electron chi connectivity index (χ0n) is 24.2. The first kappa shape index (κ1) is 30.9. The highest BCUT2D eigenvalue weighted by Gasteiger charge is 2.49. The summed E-state index contributed by atoms with van der Waals surface area (Å²) in [5, 5.41) is 1.56. The number of carbonyl (C=O) groups is 1. The molecule has 0 unspecified atom stereocenters. The first-order valence-electron chi connectivity index (χ1n) is 13.4. The Morgan fingerprint density at radius 2 is 1.39 bits per heavy atom. The van der Waals surface area contributed by atoms with E-state index >= 15 is 0 Å². The summed E-state index contributed by atoms with van der Waals surface area (Å²) in [6, 6.07) is 23.8. The summed E-state index contributed by atoms with van der Waals surface area (Å²) in [4.78, 5) is 25.5. The van der Waals surface area contributed by atoms with Gasteiger partial charge in [-0.2, -0.15) is 0 Å². The van der Waals surface area contributed by atoms with Gasteiger partial charge in [0.15, 0.2) is 15.6 Å². The van der Waals surface area contributed by atoms with Crippen LogP contribution < -0.4 is 10.4 Å². The molecule has 0 amide bonds. The minimum atomic E-state index is -3.91. The second-order valence-corrected chi connectivity index (χ2v) is 19.4. The molecule has 0 bridgehead atoms. The minimum Gasteiger partial charge on any atom is -0.424 e. The van der Waals surface area contributed by atoms with Crippen molar-refractivity contribution in [3.05, 3.63) is 90.1 Å². The molecule has 4 rings (SSSR count). The molecule has 0 saturated heterocycles. The maximum atomic E-state index is 13.0. The van der Waals surface area contributed by atoms with Crippen LogP contribution in [-0.4, -0.2) is 52.2 Å². The molecule has 10 heteroatoms. The van der Waals surface area contributed by atoms with Crippen molar-refractivity contribution in [3.8, 4) is 0 Å². The van der Waals surface area contributed by atoms with Crippen LogP contribution in [0.15, 0.2) is 83.8 Å². The molecule has 41 heavy (non-hydrogen) atoms. The molecule has 1 N–H and O–H groups in total. The fraction of sp³-hybridized carbons (Fsp3) is 0.323. The normalized spacial score (nSPS) is 13.2. The van der Waals surface area contributed by atoms with Gasteiger partial charge in [0.2, 0.25) is 10.0 Å². The predicted molar refractivity (Wildman–Crippen MR) is 167 cm³/mol. The molecule has 1 aromatic heterocycles. The molecule has 218 valence electrons. The summed E-state index contributed by atoms with van der Waals surface area (Å²) < 4.78 is 52.5. The third-order valence-electron chi connectivity index (χ3n) is 7.83. The van der Waals surface area contributed by atoms with Crippen LogP contribution in [0.5, 0.6) is 0 Å². The third-order valence-corrected chi connectivity index (χ3v) is 14.6. The summed E-state index contributed by atoms with van der Waals surface area (Å²) in [7, 11) is -11.0. The molecule has 0 radical (unpaired) electrons. The molecular weight excluding hydrogens is 575 g/mol. The summed E-state index contributed by atoms with van der Waals surface area (Å²) in [5.41, 5.74) is 0.670. The molecule has 0 atom stereocenters. The Morgan fingerprint density at radius 3 is 1.83 bits per heavy atom. The number of rotatable bonds is 10. The van der Waals surface area contributed by atoms with E-state index in [0.717, 1.165) is 26.9 Å². The van der Waals surface area contributed by atoms with Crippen LogP contribution in [0.4, 0.5) is 0 Å². The van der Waals surface area contributed by atoms with E-state index in [4.69, 9.17) is 0 Å². The standard InChI is InChI=1S/C31H37NO6S2Si/c1-22(2)30(33)28-20-24-19-23(29(39(5,34)35)21-27(24)32(28)40(6,36)37)17-18-31(3,4)41(38,25-13-9-7-10-14-25)26-15-11-8-12-16-26/h7-16,19-22,38H,17-18H2,1-6H3. The van der Waals surface area contributed by atoms with Crippen molar-refractivity contribution in [3.63, 3.8) is 0 Å². The van der Waals surface area contributed by atoms with Crippen LogP contribution >= 0.6 is 0 Å². The Labute approximate surface area is 244 Å². The van der Waals surface area contributed by atoms with Gasteiger partial charge in [0.1, 0.15) is 5.69 Å². The van der Waals surface area contributed by atoms with E-state index in [-0.39, 0.29) is 21.9 Å². The Balaban J connectivity index is 1.87. The van der Waals surface area contributed by atoms with Crippen molar-refractivity contribution in [2.24, 2.45) is 5.92 Å². The lowest BCUT2D eigenvalue weighted by Gasteiger charge is -2.41. The van der Waals surface area contributed by atoms with Gasteiger partial charge in [-0.15, -0.1) is 0 Å². The number of hydrogen-bond acceptors (Lipinski definition) is 6. The summed E-state index contributed by atoms with van der Waals surface area (Å²) in [6.45, 7) is 7.40. The predicted octanol–water partition coefficient (Wildman–Crippen LogP) is 4.16. The van der Waals surface area contributed by atoms with E-state index in [9.17, 15) is 26.4 Å². The minimum absolute atomic E-state index is 0.00405. The first-order valence-corrected chi connectivity index (χ1v) is 19.1. The fourth-order valence-electron chi connectivity index (χ4n) is 5.56. The quantitative estimate of drug-likeness (QED) is 0.213. The molecule has 0 aliphatic carbocycles. The van der Waals surface area contributed by atoms with E-state index in [1.807, 2.05) is 74.5 Å². The van der Waals surface area contributed by atoms with Crippen molar-refractivity contribution in [2.75, 3.05) is 12.5 Å². The van der Waals surface area contributed by atoms with Gasteiger partial charge in [0.25, 0.3) is 8.32 Å². The highest BCUT2D eigenvalue weighted by Crippen LogP contribution is 2.41. The topological polar surface area (TPSA) is 111 Å². The largest absolute Gasteiger partial charge is 0.424 e. The Morgan fingerprint density at radius 1 is 0.878 bits per heavy atom. The average molecular weight is 612 g/mol. The molecule has 3 aromatic carbocycles. The number of nitrogens with zero attached hydrogens (tertiary/aromatic N) is 1. The molecule has 0 fully saturated rings. The number of fused-ring (bicyclic) bond motifs is 1. The van der Waals surface area contributed by atoms with Crippen molar-refractivity contribution in [1.82, 2.24) is 3.97 Å². The number of aromatic nitrogens is 1. The second-order valence-electron chi connectivity index (χ2n) is 11.7. The van der Waals surface area contributed by atoms with Crippen LogP contribution in [-0.2, 0) is 26.3 Å². The van der Waals surface area contributed by atoms with Crippen molar-refractivity contribution in [2.45, 2.75) is 50.5 Å². The number of carbonyl (C=O) groups excluding carboxylic acids is 1. The average Bonchev–Trinajstić information content (AvgIpc) is 3.30. The van der Waals surface area contributed by atoms with Gasteiger partial charge in [-0.3, -0.25) is 4.79 Å². The highest BCUT2D eigenvalue weighted by molar-refractivity contribution is 7.90. The summed E-state index contributed by atoms with van der Waals surface area (Å²) >= 11 is 0. The summed E-state index contributed by atoms with van der Waals surface area (Å²) in [5.74, 6) is -0.801. The lowest BCUT2D eigenvalue weighted by molar-refractivity contribution is 0.0933. The van der Waals surface area contributed by atoms with Crippen LogP contribution in [0, 0.1) is 5.92 Å². The summed E-state index contributed by atoms with van der Waals surface area (Å²) in [6.07, 6.45) is 2.87. The van der Waals surface area contributed by atoms with Crippen molar-refractivity contribution < 1.29 is 26.4 Å². The Hall–Kier alpha value is -3.05. The smallest absolute Gasteiger partial charge is 0.258 e.